The summed E-state index contributed by atoms with van der Waals surface area (Å²) in [5.41, 5.74) is 1.69. The minimum atomic E-state index is 0.189. The Morgan fingerprint density at radius 2 is 2.38 bits per heavy atom. The van der Waals surface area contributed by atoms with Gasteiger partial charge in [-0.3, -0.25) is 4.98 Å². The number of pyridine rings is 1. The summed E-state index contributed by atoms with van der Waals surface area (Å²) >= 11 is 5.98. The summed E-state index contributed by atoms with van der Waals surface area (Å²) in [6.45, 7) is 2.77. The number of nitrogens with zero attached hydrogens (tertiary/aromatic N) is 1. The van der Waals surface area contributed by atoms with Gasteiger partial charge in [0.15, 0.2) is 0 Å². The molecule has 0 amide bonds. The topological polar surface area (TPSA) is 45.2 Å². The summed E-state index contributed by atoms with van der Waals surface area (Å²) < 4.78 is 0. The lowest BCUT2D eigenvalue weighted by Crippen LogP contribution is -2.04. The van der Waals surface area contributed by atoms with Gasteiger partial charge in [-0.05, 0) is 19.4 Å². The van der Waals surface area contributed by atoms with E-state index in [0.29, 0.717) is 5.02 Å². The van der Waals surface area contributed by atoms with Gasteiger partial charge in [-0.15, -0.1) is 0 Å². The Bertz CT molecular complexity index is 278. The second-order valence-corrected chi connectivity index (χ2v) is 3.14. The van der Waals surface area contributed by atoms with Gasteiger partial charge < -0.3 is 10.4 Å². The lowest BCUT2D eigenvalue weighted by Gasteiger charge is -2.07. The summed E-state index contributed by atoms with van der Waals surface area (Å²) in [7, 11) is 0. The van der Waals surface area contributed by atoms with Crippen molar-refractivity contribution in [3.63, 3.8) is 0 Å². The number of halogens is 1. The van der Waals surface area contributed by atoms with Crippen molar-refractivity contribution in [3.8, 4) is 0 Å². The molecule has 0 unspecified atom stereocenters. The molecule has 4 heteroatoms. The van der Waals surface area contributed by atoms with Crippen molar-refractivity contribution in [1.82, 2.24) is 4.98 Å². The lowest BCUT2D eigenvalue weighted by molar-refractivity contribution is 0.292. The van der Waals surface area contributed by atoms with Crippen LogP contribution in [0.1, 0.15) is 12.1 Å². The predicted molar refractivity (Wildman–Crippen MR) is 54.2 cm³/mol. The van der Waals surface area contributed by atoms with Crippen molar-refractivity contribution in [2.75, 3.05) is 18.5 Å². The van der Waals surface area contributed by atoms with E-state index in [4.69, 9.17) is 16.7 Å². The first-order valence-electron chi connectivity index (χ1n) is 4.21. The molecular weight excluding hydrogens is 188 g/mol. The van der Waals surface area contributed by atoms with Crippen LogP contribution in [0.4, 0.5) is 5.69 Å². The highest BCUT2D eigenvalue weighted by molar-refractivity contribution is 6.33. The molecule has 0 saturated carbocycles. The van der Waals surface area contributed by atoms with Crippen LogP contribution in [-0.2, 0) is 0 Å². The summed E-state index contributed by atoms with van der Waals surface area (Å²) in [5, 5.41) is 12.4. The van der Waals surface area contributed by atoms with Crippen molar-refractivity contribution >= 4 is 17.3 Å². The minimum absolute atomic E-state index is 0.189. The number of aliphatic hydroxyl groups is 1. The number of hydrogen-bond acceptors (Lipinski definition) is 3. The minimum Gasteiger partial charge on any atom is -0.396 e. The number of aryl methyl sites for hydroxylation is 1. The van der Waals surface area contributed by atoms with Gasteiger partial charge in [0.05, 0.1) is 16.4 Å². The molecule has 1 aromatic heterocycles. The Morgan fingerprint density at radius 3 is 3.08 bits per heavy atom. The van der Waals surface area contributed by atoms with Crippen LogP contribution in [0.5, 0.6) is 0 Å². The van der Waals surface area contributed by atoms with E-state index in [9.17, 15) is 0 Å². The second kappa shape index (κ2) is 5.04. The first-order chi connectivity index (χ1) is 6.25. The third-order valence-corrected chi connectivity index (χ3v) is 2.19. The standard InChI is InChI=1S/C9H13ClN2O/c1-7-9(10)8(3-5-11-7)12-4-2-6-13/h3,5,13H,2,4,6H2,1H3,(H,11,12). The maximum Gasteiger partial charge on any atom is 0.0849 e. The summed E-state index contributed by atoms with van der Waals surface area (Å²) in [5.74, 6) is 0. The fourth-order valence-electron chi connectivity index (χ4n) is 0.987. The molecule has 0 aliphatic carbocycles. The van der Waals surface area contributed by atoms with E-state index in [1.54, 1.807) is 6.20 Å². The zero-order valence-electron chi connectivity index (χ0n) is 7.55. The molecule has 0 saturated heterocycles. The van der Waals surface area contributed by atoms with Crippen LogP contribution in [0, 0.1) is 6.92 Å². The maximum atomic E-state index is 8.58. The zero-order valence-corrected chi connectivity index (χ0v) is 8.30. The summed E-state index contributed by atoms with van der Waals surface area (Å²) in [4.78, 5) is 4.05. The highest BCUT2D eigenvalue weighted by Gasteiger charge is 2.01. The average Bonchev–Trinajstić information content (AvgIpc) is 2.13. The molecular formula is C9H13ClN2O. The maximum absolute atomic E-state index is 8.58. The van der Waals surface area contributed by atoms with Crippen molar-refractivity contribution in [1.29, 1.82) is 0 Å². The average molecular weight is 201 g/mol. The number of anilines is 1. The number of rotatable bonds is 4. The summed E-state index contributed by atoms with van der Waals surface area (Å²) in [6, 6.07) is 1.83. The van der Waals surface area contributed by atoms with Crippen molar-refractivity contribution in [3.05, 3.63) is 23.0 Å². The molecule has 13 heavy (non-hydrogen) atoms. The third-order valence-electron chi connectivity index (χ3n) is 1.71. The van der Waals surface area contributed by atoms with Gasteiger partial charge in [0.25, 0.3) is 0 Å². The van der Waals surface area contributed by atoms with E-state index in [2.05, 4.69) is 10.3 Å². The molecule has 72 valence electrons. The molecule has 1 heterocycles. The Kier molecular flexibility index (Phi) is 3.99. The van der Waals surface area contributed by atoms with Crippen LogP contribution in [-0.4, -0.2) is 23.2 Å². The molecule has 2 N–H and O–H groups in total. The lowest BCUT2D eigenvalue weighted by atomic mass is 10.3. The largest absolute Gasteiger partial charge is 0.396 e. The van der Waals surface area contributed by atoms with Gasteiger partial charge in [0.2, 0.25) is 0 Å². The zero-order chi connectivity index (χ0) is 9.68. The fourth-order valence-corrected chi connectivity index (χ4v) is 1.17. The quantitative estimate of drug-likeness (QED) is 0.730. The van der Waals surface area contributed by atoms with Gasteiger partial charge >= 0.3 is 0 Å². The predicted octanol–water partition coefficient (Wildman–Crippen LogP) is 1.84. The van der Waals surface area contributed by atoms with Crippen LogP contribution in [0.2, 0.25) is 5.02 Å². The number of hydrogen-bond donors (Lipinski definition) is 2. The molecule has 0 radical (unpaired) electrons. The molecule has 1 aromatic rings. The van der Waals surface area contributed by atoms with E-state index in [1.165, 1.54) is 0 Å². The van der Waals surface area contributed by atoms with Gasteiger partial charge in [-0.1, -0.05) is 11.6 Å². The molecule has 3 nitrogen and oxygen atoms in total. The Balaban J connectivity index is 2.61. The molecule has 0 aliphatic rings. The Hall–Kier alpha value is -0.800. The third kappa shape index (κ3) is 2.86. The molecule has 0 aliphatic heterocycles. The number of aromatic nitrogens is 1. The first kappa shape index (κ1) is 10.3. The smallest absolute Gasteiger partial charge is 0.0849 e. The van der Waals surface area contributed by atoms with E-state index in [-0.39, 0.29) is 6.61 Å². The second-order valence-electron chi connectivity index (χ2n) is 2.76. The van der Waals surface area contributed by atoms with Gasteiger partial charge in [0, 0.05) is 19.3 Å². The molecule has 0 fully saturated rings. The van der Waals surface area contributed by atoms with Crippen molar-refractivity contribution in [2.45, 2.75) is 13.3 Å². The van der Waals surface area contributed by atoms with Crippen molar-refractivity contribution in [2.24, 2.45) is 0 Å². The SMILES string of the molecule is Cc1nccc(NCCCO)c1Cl. The Morgan fingerprint density at radius 1 is 1.62 bits per heavy atom. The highest BCUT2D eigenvalue weighted by atomic mass is 35.5. The molecule has 0 aromatic carbocycles. The van der Waals surface area contributed by atoms with E-state index < -0.39 is 0 Å². The van der Waals surface area contributed by atoms with Gasteiger partial charge in [-0.25, -0.2) is 0 Å². The molecule has 0 bridgehead atoms. The van der Waals surface area contributed by atoms with E-state index in [0.717, 1.165) is 24.3 Å². The van der Waals surface area contributed by atoms with Gasteiger partial charge in [0.1, 0.15) is 0 Å². The van der Waals surface area contributed by atoms with Crippen LogP contribution >= 0.6 is 11.6 Å². The molecule has 0 atom stereocenters. The van der Waals surface area contributed by atoms with Crippen LogP contribution in [0.3, 0.4) is 0 Å². The van der Waals surface area contributed by atoms with Crippen LogP contribution < -0.4 is 5.32 Å². The first-order valence-corrected chi connectivity index (χ1v) is 4.59. The molecule has 0 spiro atoms. The number of nitrogens with one attached hydrogen (secondary N) is 1. The van der Waals surface area contributed by atoms with Crippen LogP contribution in [0.25, 0.3) is 0 Å². The van der Waals surface area contributed by atoms with E-state index >= 15 is 0 Å². The molecule has 1 rings (SSSR count). The highest BCUT2D eigenvalue weighted by Crippen LogP contribution is 2.22. The Labute approximate surface area is 82.8 Å². The monoisotopic (exact) mass is 200 g/mol. The van der Waals surface area contributed by atoms with Crippen LogP contribution in [0.15, 0.2) is 12.3 Å². The van der Waals surface area contributed by atoms with Crippen molar-refractivity contribution < 1.29 is 5.11 Å². The fraction of sp³-hybridized carbons (Fsp3) is 0.444. The number of aliphatic hydroxyl groups excluding tert-OH is 1. The van der Waals surface area contributed by atoms with Gasteiger partial charge in [-0.2, -0.15) is 0 Å². The summed E-state index contributed by atoms with van der Waals surface area (Å²) in [6.07, 6.45) is 2.43. The van der Waals surface area contributed by atoms with E-state index in [1.807, 2.05) is 13.0 Å². The normalized spacial score (nSPS) is 10.1.